The molecule has 3 fully saturated rings. The second kappa shape index (κ2) is 17.7. The van der Waals surface area contributed by atoms with Crippen LogP contribution in [-0.2, 0) is 14.3 Å². The number of aromatic nitrogens is 4. The predicted octanol–water partition coefficient (Wildman–Crippen LogP) is 8.66. The van der Waals surface area contributed by atoms with Crippen molar-refractivity contribution in [2.45, 2.75) is 102 Å². The topological polar surface area (TPSA) is 180 Å². The van der Waals surface area contributed by atoms with Crippen LogP contribution in [0.1, 0.15) is 113 Å². The van der Waals surface area contributed by atoms with E-state index in [2.05, 4.69) is 44.5 Å². The third-order valence-electron chi connectivity index (χ3n) is 13.1. The number of carbonyl (C=O) groups excluding carboxylic acids is 3. The summed E-state index contributed by atoms with van der Waals surface area (Å²) < 4.78 is 20.0. The zero-order valence-electron chi connectivity index (χ0n) is 36.4. The molecule has 3 aromatic carbocycles. The molecule has 4 N–H and O–H groups in total. The summed E-state index contributed by atoms with van der Waals surface area (Å²) in [6.07, 6.45) is 2.72. The Morgan fingerprint density at radius 1 is 0.794 bits per heavy atom. The van der Waals surface area contributed by atoms with Crippen molar-refractivity contribution in [1.82, 2.24) is 40.0 Å². The average molecular weight is 884 g/mol. The number of rotatable bonds is 11. The molecule has 0 aliphatic carbocycles. The van der Waals surface area contributed by atoms with Crippen LogP contribution >= 0.6 is 11.6 Å². The van der Waals surface area contributed by atoms with Crippen LogP contribution < -0.4 is 10.2 Å². The molecule has 3 aliphatic rings. The molecule has 5 heterocycles. The minimum Gasteiger partial charge on any atom is -0.465 e. The van der Waals surface area contributed by atoms with E-state index in [0.717, 1.165) is 70.2 Å². The van der Waals surface area contributed by atoms with E-state index in [9.17, 15) is 24.3 Å². The molecule has 0 spiro atoms. The lowest BCUT2D eigenvalue weighted by Crippen LogP contribution is -2.51. The highest BCUT2D eigenvalue weighted by molar-refractivity contribution is 6.30. The third kappa shape index (κ3) is 8.37. The van der Waals surface area contributed by atoms with E-state index in [0.29, 0.717) is 36.8 Å². The number of fused-ring (bicyclic) bond motifs is 2. The molecule has 0 saturated carbocycles. The molecule has 3 saturated heterocycles. The number of carboxylic acid groups (broad SMARTS) is 1. The summed E-state index contributed by atoms with van der Waals surface area (Å²) >= 11 is 6.20. The molecule has 334 valence electrons. The number of H-pyrrole nitrogens is 2. The van der Waals surface area contributed by atoms with E-state index >= 15 is 4.39 Å². The minimum absolute atomic E-state index is 0.0379. The number of carbonyl (C=O) groups is 4. The standard InChI is InChI=1S/C46H55ClFN9O6/c1-24(2)39(53-45(60)63-6)43(58)55-19-7-9-37(55)41-49-31-15-11-26(21-33(31)51-41)35-17-18-36(57(35)28-13-14-29(47)30(48)23-28)27-12-16-32-34(22-27)52-42(50-32)38-10-8-20-56(38)44(59)40(25(3)4)54(5)46(61)62/h11-16,21-25,35-40H,7-10,17-20H2,1-6H3,(H,49,51)(H,50,52)(H,53,60)(H,61,62)/t35-,36-,37+,38+,39+,40+/m1/s1. The lowest BCUT2D eigenvalue weighted by atomic mass is 10.0. The molecule has 63 heavy (non-hydrogen) atoms. The lowest BCUT2D eigenvalue weighted by molar-refractivity contribution is -0.138. The summed E-state index contributed by atoms with van der Waals surface area (Å²) in [6, 6.07) is 14.7. The molecule has 6 atom stereocenters. The number of alkyl carbamates (subject to hydrolysis) is 1. The van der Waals surface area contributed by atoms with Crippen LogP contribution in [0.5, 0.6) is 0 Å². The van der Waals surface area contributed by atoms with Gasteiger partial charge in [-0.25, -0.2) is 23.9 Å². The first-order valence-electron chi connectivity index (χ1n) is 21.8. The van der Waals surface area contributed by atoms with Gasteiger partial charge in [-0.1, -0.05) is 51.4 Å². The molecule has 17 heteroatoms. The van der Waals surface area contributed by atoms with E-state index in [-0.39, 0.29) is 52.8 Å². The molecule has 0 bridgehead atoms. The number of aromatic amines is 2. The zero-order chi connectivity index (χ0) is 44.9. The highest BCUT2D eigenvalue weighted by Crippen LogP contribution is 2.48. The van der Waals surface area contributed by atoms with Crippen molar-refractivity contribution in [2.75, 3.05) is 32.1 Å². The Kier molecular flexibility index (Phi) is 12.3. The van der Waals surface area contributed by atoms with Crippen LogP contribution in [0.25, 0.3) is 22.1 Å². The van der Waals surface area contributed by atoms with Gasteiger partial charge in [-0.3, -0.25) is 14.5 Å². The van der Waals surface area contributed by atoms with E-state index in [4.69, 9.17) is 26.3 Å². The number of imidazole rings is 2. The van der Waals surface area contributed by atoms with Gasteiger partial charge in [0.15, 0.2) is 0 Å². The Labute approximate surface area is 370 Å². The first-order chi connectivity index (χ1) is 30.1. The van der Waals surface area contributed by atoms with Crippen molar-refractivity contribution < 1.29 is 33.4 Å². The highest BCUT2D eigenvalue weighted by atomic mass is 35.5. The molecule has 0 unspecified atom stereocenters. The number of methoxy groups -OCH3 is 1. The van der Waals surface area contributed by atoms with Crippen LogP contribution in [0.3, 0.4) is 0 Å². The number of nitrogens with zero attached hydrogens (tertiary/aromatic N) is 6. The quantitative estimate of drug-likeness (QED) is 0.101. The second-order valence-corrected chi connectivity index (χ2v) is 18.1. The monoisotopic (exact) mass is 883 g/mol. The fourth-order valence-corrected chi connectivity index (χ4v) is 10.1. The van der Waals surface area contributed by atoms with Crippen LogP contribution in [0, 0.1) is 17.7 Å². The van der Waals surface area contributed by atoms with Crippen LogP contribution in [0.4, 0.5) is 19.7 Å². The van der Waals surface area contributed by atoms with Crippen molar-refractivity contribution in [2.24, 2.45) is 11.8 Å². The van der Waals surface area contributed by atoms with Crippen molar-refractivity contribution in [3.05, 3.63) is 88.2 Å². The Morgan fingerprint density at radius 2 is 1.33 bits per heavy atom. The van der Waals surface area contributed by atoms with Gasteiger partial charge in [0.2, 0.25) is 11.8 Å². The van der Waals surface area contributed by atoms with Gasteiger partial charge in [-0.2, -0.15) is 0 Å². The van der Waals surface area contributed by atoms with Gasteiger partial charge >= 0.3 is 12.2 Å². The van der Waals surface area contributed by atoms with Gasteiger partial charge in [0.1, 0.15) is 29.5 Å². The lowest BCUT2D eigenvalue weighted by Gasteiger charge is -2.33. The first-order valence-corrected chi connectivity index (χ1v) is 22.2. The third-order valence-corrected chi connectivity index (χ3v) is 13.4. The number of anilines is 1. The Morgan fingerprint density at radius 3 is 1.81 bits per heavy atom. The second-order valence-electron chi connectivity index (χ2n) is 17.7. The van der Waals surface area contributed by atoms with Crippen LogP contribution in [-0.4, -0.2) is 103 Å². The Balaban J connectivity index is 1.08. The summed E-state index contributed by atoms with van der Waals surface area (Å²) in [4.78, 5) is 75.6. The maximum absolute atomic E-state index is 15.2. The van der Waals surface area contributed by atoms with E-state index < -0.39 is 30.1 Å². The van der Waals surface area contributed by atoms with Crippen molar-refractivity contribution >= 4 is 63.4 Å². The van der Waals surface area contributed by atoms with E-state index in [1.807, 2.05) is 45.9 Å². The van der Waals surface area contributed by atoms with Crippen molar-refractivity contribution in [3.8, 4) is 0 Å². The summed E-state index contributed by atoms with van der Waals surface area (Å²) in [6.45, 7) is 8.53. The maximum Gasteiger partial charge on any atom is 0.407 e. The number of halogens is 2. The number of nitrogens with one attached hydrogen (secondary N) is 3. The van der Waals surface area contributed by atoms with E-state index in [1.165, 1.54) is 20.2 Å². The summed E-state index contributed by atoms with van der Waals surface area (Å²) in [5, 5.41) is 12.5. The maximum atomic E-state index is 15.2. The van der Waals surface area contributed by atoms with Crippen LogP contribution in [0.2, 0.25) is 5.02 Å². The fraction of sp³-hybridized carbons (Fsp3) is 0.478. The molecule has 0 radical (unpaired) electrons. The molecular formula is C46H55ClFN9O6. The number of likely N-dealkylation sites (tertiary alicyclic amines) is 2. The fourth-order valence-electron chi connectivity index (χ4n) is 9.98. The smallest absolute Gasteiger partial charge is 0.407 e. The number of benzene rings is 3. The average Bonchev–Trinajstić information content (AvgIpc) is 4.11. The Bertz CT molecular complexity index is 2540. The normalized spacial score (nSPS) is 21.2. The first kappa shape index (κ1) is 43.7. The minimum atomic E-state index is -1.15. The molecular weight excluding hydrogens is 829 g/mol. The zero-order valence-corrected chi connectivity index (χ0v) is 37.2. The molecule has 3 aliphatic heterocycles. The van der Waals surface area contributed by atoms with Crippen molar-refractivity contribution in [3.63, 3.8) is 0 Å². The van der Waals surface area contributed by atoms with Gasteiger partial charge in [0, 0.05) is 25.8 Å². The van der Waals surface area contributed by atoms with Gasteiger partial charge < -0.3 is 39.8 Å². The highest BCUT2D eigenvalue weighted by Gasteiger charge is 2.41. The van der Waals surface area contributed by atoms with Gasteiger partial charge in [-0.05, 0) is 104 Å². The SMILES string of the molecule is COC(=O)N[C@H](C(=O)N1CCC[C@H]1c1nc2cc([C@H]3CC[C@H](c4ccc5[nH]c([C@@H]6CCCN6C(=O)[C@H](C(C)C)N(C)C(=O)O)nc5c4)N3c3ccc(Cl)c(F)c3)ccc2[nH]1)C(C)C. The number of hydrogen-bond donors (Lipinski definition) is 4. The summed E-state index contributed by atoms with van der Waals surface area (Å²) in [5.41, 5.74) is 5.81. The van der Waals surface area contributed by atoms with Crippen molar-refractivity contribution in [1.29, 1.82) is 0 Å². The predicted molar refractivity (Wildman–Crippen MR) is 237 cm³/mol. The molecule has 15 nitrogen and oxygen atoms in total. The molecule has 2 aromatic heterocycles. The van der Waals surface area contributed by atoms with Gasteiger partial charge in [0.25, 0.3) is 0 Å². The molecule has 4 amide bonds. The van der Waals surface area contributed by atoms with Gasteiger partial charge in [-0.15, -0.1) is 0 Å². The summed E-state index contributed by atoms with van der Waals surface area (Å²) in [7, 11) is 2.71. The van der Waals surface area contributed by atoms with Gasteiger partial charge in [0.05, 0.1) is 58.4 Å². The molecule has 8 rings (SSSR count). The number of ether oxygens (including phenoxy) is 1. The van der Waals surface area contributed by atoms with E-state index in [1.54, 1.807) is 15.9 Å². The molecule has 5 aromatic rings. The summed E-state index contributed by atoms with van der Waals surface area (Å²) in [5.74, 6) is 0.0444. The van der Waals surface area contributed by atoms with Crippen LogP contribution in [0.15, 0.2) is 54.6 Å². The Hall–Kier alpha value is -5.90. The largest absolute Gasteiger partial charge is 0.465 e. The number of likely N-dealkylation sites (N-methyl/N-ethyl adjacent to an activating group) is 1. The number of hydrogen-bond acceptors (Lipinski definition) is 8. The number of amides is 4.